The molecule has 0 aliphatic heterocycles. The van der Waals surface area contributed by atoms with Crippen LogP contribution in [-0.4, -0.2) is 4.98 Å². The molecular weight excluding hydrogens is 122 g/mol. The number of hydrogen-bond donors (Lipinski definition) is 1. The van der Waals surface area contributed by atoms with Gasteiger partial charge in [-0.05, 0) is 18.6 Å². The molecule has 1 N–H and O–H groups in total. The SMILES string of the molecule is Cc1cc[nH]c1C(C)(C)C. The van der Waals surface area contributed by atoms with E-state index < -0.39 is 0 Å². The third kappa shape index (κ3) is 1.23. The molecule has 1 rings (SSSR count). The first kappa shape index (κ1) is 7.39. The fourth-order valence-electron chi connectivity index (χ4n) is 1.26. The zero-order valence-corrected chi connectivity index (χ0v) is 7.15. The molecule has 0 saturated heterocycles. The lowest BCUT2D eigenvalue weighted by atomic mass is 9.90. The molecule has 0 aromatic carbocycles. The van der Waals surface area contributed by atoms with Gasteiger partial charge in [0.25, 0.3) is 0 Å². The standard InChI is InChI=1S/C9H15N/c1-7-5-6-10-8(7)9(2,3)4/h5-6,10H,1-4H3. The van der Waals surface area contributed by atoms with Gasteiger partial charge in [0.1, 0.15) is 0 Å². The lowest BCUT2D eigenvalue weighted by Gasteiger charge is -2.17. The molecule has 1 nitrogen and oxygen atoms in total. The molecule has 0 radical (unpaired) electrons. The molecule has 0 aliphatic carbocycles. The Kier molecular flexibility index (Phi) is 1.59. The van der Waals surface area contributed by atoms with Crippen molar-refractivity contribution in [3.05, 3.63) is 23.5 Å². The molecule has 0 aliphatic rings. The normalized spacial score (nSPS) is 12.0. The molecule has 1 aromatic heterocycles. The van der Waals surface area contributed by atoms with E-state index in [1.807, 2.05) is 6.20 Å². The Morgan fingerprint density at radius 3 is 2.10 bits per heavy atom. The highest BCUT2D eigenvalue weighted by atomic mass is 14.7. The maximum atomic E-state index is 3.25. The summed E-state index contributed by atoms with van der Waals surface area (Å²) in [4.78, 5) is 3.25. The third-order valence-electron chi connectivity index (χ3n) is 1.71. The summed E-state index contributed by atoms with van der Waals surface area (Å²) in [7, 11) is 0. The lowest BCUT2D eigenvalue weighted by molar-refractivity contribution is 0.569. The van der Waals surface area contributed by atoms with Crippen LogP contribution in [0.1, 0.15) is 32.0 Å². The number of rotatable bonds is 0. The molecule has 0 amide bonds. The van der Waals surface area contributed by atoms with Gasteiger partial charge >= 0.3 is 0 Å². The van der Waals surface area contributed by atoms with E-state index in [4.69, 9.17) is 0 Å². The zero-order valence-electron chi connectivity index (χ0n) is 7.15. The minimum Gasteiger partial charge on any atom is -0.364 e. The van der Waals surface area contributed by atoms with Crippen molar-refractivity contribution in [1.29, 1.82) is 0 Å². The van der Waals surface area contributed by atoms with Gasteiger partial charge in [0.2, 0.25) is 0 Å². The summed E-state index contributed by atoms with van der Waals surface area (Å²) in [6.45, 7) is 8.78. The van der Waals surface area contributed by atoms with Crippen LogP contribution in [0.4, 0.5) is 0 Å². The van der Waals surface area contributed by atoms with Crippen LogP contribution in [0.3, 0.4) is 0 Å². The fourth-order valence-corrected chi connectivity index (χ4v) is 1.26. The minimum atomic E-state index is 0.258. The van der Waals surface area contributed by atoms with E-state index in [0.29, 0.717) is 0 Å². The Morgan fingerprint density at radius 2 is 1.90 bits per heavy atom. The Bertz CT molecular complexity index is 215. The monoisotopic (exact) mass is 137 g/mol. The molecule has 0 unspecified atom stereocenters. The van der Waals surface area contributed by atoms with E-state index in [0.717, 1.165) is 0 Å². The predicted molar refractivity (Wildman–Crippen MR) is 44.2 cm³/mol. The van der Waals surface area contributed by atoms with Crippen molar-refractivity contribution in [1.82, 2.24) is 4.98 Å². The molecule has 0 spiro atoms. The van der Waals surface area contributed by atoms with Crippen molar-refractivity contribution < 1.29 is 0 Å². The second-order valence-electron chi connectivity index (χ2n) is 3.79. The number of hydrogen-bond acceptors (Lipinski definition) is 0. The number of H-pyrrole nitrogens is 1. The number of aromatic amines is 1. The van der Waals surface area contributed by atoms with Crippen LogP contribution in [0, 0.1) is 6.92 Å². The Labute approximate surface area is 62.5 Å². The van der Waals surface area contributed by atoms with Gasteiger partial charge in [0.15, 0.2) is 0 Å². The Morgan fingerprint density at radius 1 is 1.30 bits per heavy atom. The van der Waals surface area contributed by atoms with Crippen molar-refractivity contribution in [3.8, 4) is 0 Å². The van der Waals surface area contributed by atoms with Crippen LogP contribution in [0.2, 0.25) is 0 Å². The summed E-state index contributed by atoms with van der Waals surface area (Å²) in [5.41, 5.74) is 2.95. The van der Waals surface area contributed by atoms with Crippen LogP contribution < -0.4 is 0 Å². The summed E-state index contributed by atoms with van der Waals surface area (Å²) in [5.74, 6) is 0. The molecule has 1 heteroatoms. The maximum absolute atomic E-state index is 3.25. The average molecular weight is 137 g/mol. The average Bonchev–Trinajstić information content (AvgIpc) is 2.11. The topological polar surface area (TPSA) is 15.8 Å². The number of aromatic nitrogens is 1. The van der Waals surface area contributed by atoms with Gasteiger partial charge in [0, 0.05) is 17.3 Å². The van der Waals surface area contributed by atoms with E-state index in [9.17, 15) is 0 Å². The van der Waals surface area contributed by atoms with E-state index in [1.54, 1.807) is 0 Å². The van der Waals surface area contributed by atoms with Crippen LogP contribution >= 0.6 is 0 Å². The van der Waals surface area contributed by atoms with Crippen molar-refractivity contribution >= 4 is 0 Å². The van der Waals surface area contributed by atoms with E-state index >= 15 is 0 Å². The first-order valence-corrected chi connectivity index (χ1v) is 3.66. The van der Waals surface area contributed by atoms with Crippen molar-refractivity contribution in [2.45, 2.75) is 33.1 Å². The summed E-state index contributed by atoms with van der Waals surface area (Å²) in [6, 6.07) is 2.11. The highest BCUT2D eigenvalue weighted by molar-refractivity contribution is 5.24. The Hall–Kier alpha value is -0.720. The summed E-state index contributed by atoms with van der Waals surface area (Å²) < 4.78 is 0. The van der Waals surface area contributed by atoms with E-state index in [-0.39, 0.29) is 5.41 Å². The highest BCUT2D eigenvalue weighted by Gasteiger charge is 2.16. The molecule has 1 heterocycles. The first-order valence-electron chi connectivity index (χ1n) is 3.66. The lowest BCUT2D eigenvalue weighted by Crippen LogP contribution is -2.12. The smallest absolute Gasteiger partial charge is 0.0231 e. The maximum Gasteiger partial charge on any atom is 0.0231 e. The fraction of sp³-hybridized carbons (Fsp3) is 0.556. The van der Waals surface area contributed by atoms with Gasteiger partial charge in [-0.25, -0.2) is 0 Å². The molecule has 0 bridgehead atoms. The Balaban J connectivity index is 3.05. The van der Waals surface area contributed by atoms with Gasteiger partial charge in [-0.2, -0.15) is 0 Å². The first-order chi connectivity index (χ1) is 4.52. The minimum absolute atomic E-state index is 0.258. The molecular formula is C9H15N. The van der Waals surface area contributed by atoms with E-state index in [1.165, 1.54) is 11.3 Å². The summed E-state index contributed by atoms with van der Waals surface area (Å²) in [5, 5.41) is 0. The number of aryl methyl sites for hydroxylation is 1. The quantitative estimate of drug-likeness (QED) is 0.565. The van der Waals surface area contributed by atoms with Crippen LogP contribution in [-0.2, 0) is 5.41 Å². The van der Waals surface area contributed by atoms with Crippen molar-refractivity contribution in [2.75, 3.05) is 0 Å². The van der Waals surface area contributed by atoms with Crippen LogP contribution in [0.5, 0.6) is 0 Å². The molecule has 0 saturated carbocycles. The molecule has 56 valence electrons. The number of nitrogens with one attached hydrogen (secondary N) is 1. The predicted octanol–water partition coefficient (Wildman–Crippen LogP) is 2.62. The van der Waals surface area contributed by atoms with Gasteiger partial charge in [-0.3, -0.25) is 0 Å². The summed E-state index contributed by atoms with van der Waals surface area (Å²) >= 11 is 0. The van der Waals surface area contributed by atoms with Crippen molar-refractivity contribution in [3.63, 3.8) is 0 Å². The van der Waals surface area contributed by atoms with Gasteiger partial charge in [-0.15, -0.1) is 0 Å². The molecule has 0 atom stereocenters. The summed E-state index contributed by atoms with van der Waals surface area (Å²) in [6.07, 6.45) is 2.00. The molecule has 1 aromatic rings. The highest BCUT2D eigenvalue weighted by Crippen LogP contribution is 2.22. The molecule has 10 heavy (non-hydrogen) atoms. The zero-order chi connectivity index (χ0) is 7.78. The van der Waals surface area contributed by atoms with Gasteiger partial charge in [-0.1, -0.05) is 20.8 Å². The van der Waals surface area contributed by atoms with Crippen LogP contribution in [0.25, 0.3) is 0 Å². The second-order valence-corrected chi connectivity index (χ2v) is 3.79. The van der Waals surface area contributed by atoms with E-state index in [2.05, 4.69) is 38.7 Å². The van der Waals surface area contributed by atoms with Gasteiger partial charge in [0.05, 0.1) is 0 Å². The largest absolute Gasteiger partial charge is 0.364 e. The van der Waals surface area contributed by atoms with Crippen molar-refractivity contribution in [2.24, 2.45) is 0 Å². The second kappa shape index (κ2) is 2.15. The third-order valence-corrected chi connectivity index (χ3v) is 1.71. The van der Waals surface area contributed by atoms with Crippen LogP contribution in [0.15, 0.2) is 12.3 Å². The molecule has 0 fully saturated rings. The van der Waals surface area contributed by atoms with Gasteiger partial charge < -0.3 is 4.98 Å².